The number of ether oxygens (including phenoxy) is 4. The van der Waals surface area contributed by atoms with Crippen LogP contribution >= 0.6 is 12.2 Å². The molecule has 2 aromatic carbocycles. The molecule has 1 atom stereocenters. The molecule has 1 aliphatic rings. The highest BCUT2D eigenvalue weighted by Crippen LogP contribution is 2.28. The number of rotatable bonds is 9. The molecule has 6 nitrogen and oxygen atoms in total. The van der Waals surface area contributed by atoms with Crippen molar-refractivity contribution in [2.45, 2.75) is 32.4 Å². The lowest BCUT2D eigenvalue weighted by Gasteiger charge is -2.29. The van der Waals surface area contributed by atoms with Crippen molar-refractivity contribution in [2.24, 2.45) is 0 Å². The van der Waals surface area contributed by atoms with E-state index in [1.165, 1.54) is 0 Å². The summed E-state index contributed by atoms with van der Waals surface area (Å²) in [6.07, 6.45) is 2.28. The fourth-order valence-corrected chi connectivity index (χ4v) is 3.74. The summed E-state index contributed by atoms with van der Waals surface area (Å²) < 4.78 is 22.5. The normalized spacial score (nSPS) is 15.5. The highest BCUT2D eigenvalue weighted by atomic mass is 32.1. The summed E-state index contributed by atoms with van der Waals surface area (Å²) in [5.41, 5.74) is 1.88. The molecule has 0 radical (unpaired) electrons. The second-order valence-electron chi connectivity index (χ2n) is 7.05. The van der Waals surface area contributed by atoms with Crippen LogP contribution in [0.5, 0.6) is 17.2 Å². The second-order valence-corrected chi connectivity index (χ2v) is 7.44. The van der Waals surface area contributed by atoms with Crippen molar-refractivity contribution in [3.63, 3.8) is 0 Å². The van der Waals surface area contributed by atoms with Crippen molar-refractivity contribution in [3.05, 3.63) is 48.0 Å². The van der Waals surface area contributed by atoms with Gasteiger partial charge in [0.2, 0.25) is 0 Å². The molecule has 0 aromatic heterocycles. The lowest BCUT2D eigenvalue weighted by Crippen LogP contribution is -2.39. The highest BCUT2D eigenvalue weighted by molar-refractivity contribution is 7.80. The lowest BCUT2D eigenvalue weighted by atomic mass is 10.1. The van der Waals surface area contributed by atoms with Crippen LogP contribution in [-0.2, 0) is 11.3 Å². The predicted octanol–water partition coefficient (Wildman–Crippen LogP) is 4.48. The first-order chi connectivity index (χ1) is 14.6. The number of anilines is 1. The molecule has 1 heterocycles. The zero-order valence-corrected chi connectivity index (χ0v) is 18.7. The second kappa shape index (κ2) is 11.0. The number of hydrogen-bond acceptors (Lipinski definition) is 5. The van der Waals surface area contributed by atoms with Crippen molar-refractivity contribution < 1.29 is 18.9 Å². The van der Waals surface area contributed by atoms with E-state index < -0.39 is 0 Å². The number of thiocarbonyl (C=S) groups is 1. The van der Waals surface area contributed by atoms with E-state index in [-0.39, 0.29) is 6.10 Å². The van der Waals surface area contributed by atoms with Gasteiger partial charge in [-0.15, -0.1) is 0 Å². The molecule has 0 bridgehead atoms. The van der Waals surface area contributed by atoms with Gasteiger partial charge in [0.25, 0.3) is 0 Å². The Bertz CT molecular complexity index is 840. The predicted molar refractivity (Wildman–Crippen MR) is 123 cm³/mol. The molecular formula is C23H30N2O4S. The maximum atomic E-state index is 5.87. The molecule has 7 heteroatoms. The summed E-state index contributed by atoms with van der Waals surface area (Å²) in [5.74, 6) is 2.30. The fourth-order valence-electron chi connectivity index (χ4n) is 3.49. The molecule has 2 aromatic rings. The van der Waals surface area contributed by atoms with Crippen molar-refractivity contribution >= 4 is 23.0 Å². The Balaban J connectivity index is 1.81. The average Bonchev–Trinajstić information content (AvgIpc) is 3.28. The van der Waals surface area contributed by atoms with Crippen LogP contribution in [0.2, 0.25) is 0 Å². The van der Waals surface area contributed by atoms with Crippen LogP contribution in [-0.4, -0.2) is 50.1 Å². The Kier molecular flexibility index (Phi) is 8.16. The van der Waals surface area contributed by atoms with E-state index in [0.717, 1.165) is 47.9 Å². The fraction of sp³-hybridized carbons (Fsp3) is 0.435. The first-order valence-electron chi connectivity index (χ1n) is 10.2. The SMILES string of the molecule is CCOc1ccccc1NC(=S)N(Cc1ccc(OC)cc1OC)CC1CCCO1. The molecule has 1 aliphatic heterocycles. The molecule has 0 aliphatic carbocycles. The largest absolute Gasteiger partial charge is 0.497 e. The van der Waals surface area contributed by atoms with Crippen LogP contribution < -0.4 is 19.5 Å². The monoisotopic (exact) mass is 430 g/mol. The molecule has 1 N–H and O–H groups in total. The zero-order chi connectivity index (χ0) is 21.3. The summed E-state index contributed by atoms with van der Waals surface area (Å²) in [6.45, 7) is 4.66. The molecule has 0 amide bonds. The van der Waals surface area contributed by atoms with Crippen molar-refractivity contribution in [2.75, 3.05) is 39.3 Å². The van der Waals surface area contributed by atoms with E-state index >= 15 is 0 Å². The molecule has 30 heavy (non-hydrogen) atoms. The Morgan fingerprint density at radius 1 is 1.17 bits per heavy atom. The highest BCUT2D eigenvalue weighted by Gasteiger charge is 2.23. The van der Waals surface area contributed by atoms with Crippen LogP contribution in [0.25, 0.3) is 0 Å². The van der Waals surface area contributed by atoms with Crippen LogP contribution in [0, 0.1) is 0 Å². The molecule has 162 valence electrons. The van der Waals surface area contributed by atoms with Crippen LogP contribution in [0.3, 0.4) is 0 Å². The number of nitrogens with zero attached hydrogens (tertiary/aromatic N) is 1. The Morgan fingerprint density at radius 3 is 2.70 bits per heavy atom. The maximum Gasteiger partial charge on any atom is 0.173 e. The lowest BCUT2D eigenvalue weighted by molar-refractivity contribution is 0.0903. The third-order valence-corrected chi connectivity index (χ3v) is 5.38. The summed E-state index contributed by atoms with van der Waals surface area (Å²) in [7, 11) is 3.31. The Labute approximate surface area is 184 Å². The Morgan fingerprint density at radius 2 is 2.00 bits per heavy atom. The number of para-hydroxylation sites is 2. The van der Waals surface area contributed by atoms with Gasteiger partial charge in [0, 0.05) is 31.3 Å². The minimum atomic E-state index is 0.163. The summed E-state index contributed by atoms with van der Waals surface area (Å²) in [6, 6.07) is 13.6. The molecule has 0 spiro atoms. The van der Waals surface area contributed by atoms with Gasteiger partial charge in [-0.05, 0) is 56.2 Å². The van der Waals surface area contributed by atoms with Gasteiger partial charge in [-0.25, -0.2) is 0 Å². The maximum absolute atomic E-state index is 5.87. The number of methoxy groups -OCH3 is 2. The van der Waals surface area contributed by atoms with Gasteiger partial charge in [0.05, 0.1) is 32.6 Å². The minimum absolute atomic E-state index is 0.163. The van der Waals surface area contributed by atoms with Gasteiger partial charge < -0.3 is 29.2 Å². The van der Waals surface area contributed by atoms with E-state index in [2.05, 4.69) is 10.2 Å². The van der Waals surface area contributed by atoms with Gasteiger partial charge in [-0.1, -0.05) is 12.1 Å². The van der Waals surface area contributed by atoms with Crippen molar-refractivity contribution in [1.29, 1.82) is 0 Å². The van der Waals surface area contributed by atoms with Gasteiger partial charge in [-0.3, -0.25) is 0 Å². The molecular weight excluding hydrogens is 400 g/mol. The topological polar surface area (TPSA) is 52.2 Å². The van der Waals surface area contributed by atoms with E-state index in [9.17, 15) is 0 Å². The molecule has 1 saturated heterocycles. The third kappa shape index (κ3) is 5.77. The zero-order valence-electron chi connectivity index (χ0n) is 17.8. The summed E-state index contributed by atoms with van der Waals surface area (Å²) >= 11 is 5.80. The number of hydrogen-bond donors (Lipinski definition) is 1. The first-order valence-corrected chi connectivity index (χ1v) is 10.7. The molecule has 0 saturated carbocycles. The van der Waals surface area contributed by atoms with Gasteiger partial charge in [0.15, 0.2) is 5.11 Å². The number of benzene rings is 2. The quantitative estimate of drug-likeness (QED) is 0.589. The van der Waals surface area contributed by atoms with Crippen LogP contribution in [0.1, 0.15) is 25.3 Å². The third-order valence-electron chi connectivity index (χ3n) is 5.02. The van der Waals surface area contributed by atoms with Gasteiger partial charge in [-0.2, -0.15) is 0 Å². The molecule has 1 unspecified atom stereocenters. The van der Waals surface area contributed by atoms with Crippen LogP contribution in [0.4, 0.5) is 5.69 Å². The standard InChI is InChI=1S/C23H30N2O4S/c1-4-28-21-10-6-5-9-20(21)24-23(30)25(16-19-8-7-13-29-19)15-17-11-12-18(26-2)14-22(17)27-3/h5-6,9-12,14,19H,4,7-8,13,15-16H2,1-3H3,(H,24,30). The summed E-state index contributed by atoms with van der Waals surface area (Å²) in [4.78, 5) is 2.12. The average molecular weight is 431 g/mol. The number of nitrogens with one attached hydrogen (secondary N) is 1. The van der Waals surface area contributed by atoms with Crippen molar-refractivity contribution in [3.8, 4) is 17.2 Å². The van der Waals surface area contributed by atoms with E-state index in [0.29, 0.717) is 24.8 Å². The van der Waals surface area contributed by atoms with Gasteiger partial charge >= 0.3 is 0 Å². The van der Waals surface area contributed by atoms with Gasteiger partial charge in [0.1, 0.15) is 17.2 Å². The molecule has 3 rings (SSSR count). The minimum Gasteiger partial charge on any atom is -0.497 e. The molecule has 1 fully saturated rings. The van der Waals surface area contributed by atoms with E-state index in [1.54, 1.807) is 14.2 Å². The van der Waals surface area contributed by atoms with E-state index in [4.69, 9.17) is 31.2 Å². The van der Waals surface area contributed by atoms with Crippen molar-refractivity contribution in [1.82, 2.24) is 4.90 Å². The first kappa shape index (κ1) is 22.2. The smallest absolute Gasteiger partial charge is 0.173 e. The summed E-state index contributed by atoms with van der Waals surface area (Å²) in [5, 5.41) is 3.98. The van der Waals surface area contributed by atoms with E-state index in [1.807, 2.05) is 49.4 Å². The van der Waals surface area contributed by atoms with Crippen LogP contribution in [0.15, 0.2) is 42.5 Å². The Hall–Kier alpha value is -2.51.